The van der Waals surface area contributed by atoms with Crippen LogP contribution in [0.4, 0.5) is 4.79 Å². The molecule has 0 saturated heterocycles. The lowest BCUT2D eigenvalue weighted by Crippen LogP contribution is -2.43. The number of nitrogens with one attached hydrogen (secondary N) is 1. The van der Waals surface area contributed by atoms with Crippen molar-refractivity contribution in [1.82, 2.24) is 10.2 Å². The van der Waals surface area contributed by atoms with Crippen LogP contribution in [-0.4, -0.2) is 24.0 Å². The number of carbonyl (C=O) groups is 1. The molecule has 0 radical (unpaired) electrons. The number of hydrogen-bond acceptors (Lipinski definition) is 2. The molecule has 1 N–H and O–H groups in total. The lowest BCUT2D eigenvalue weighted by atomic mass is 9.96. The maximum atomic E-state index is 11.9. The van der Waals surface area contributed by atoms with E-state index in [2.05, 4.69) is 5.32 Å². The Bertz CT molecular complexity index is 342. The molecule has 0 aromatic carbocycles. The molecular weight excluding hydrogens is 216 g/mol. The average Bonchev–Trinajstić information content (AvgIpc) is 2.83. The Morgan fingerprint density at radius 3 is 2.88 bits per heavy atom. The largest absolute Gasteiger partial charge is 0.467 e. The van der Waals surface area contributed by atoms with E-state index in [1.54, 1.807) is 18.2 Å². The molecule has 1 aliphatic carbocycles. The Labute approximate surface area is 102 Å². The first-order chi connectivity index (χ1) is 8.25. The topological polar surface area (TPSA) is 45.5 Å². The second kappa shape index (κ2) is 5.75. The van der Waals surface area contributed by atoms with Crippen LogP contribution in [0.5, 0.6) is 0 Å². The SMILES string of the molecule is CN(Cc1ccco1)C(=O)NC1CCCCC1. The summed E-state index contributed by atoms with van der Waals surface area (Å²) in [6, 6.07) is 4.07. The van der Waals surface area contributed by atoms with Crippen LogP contribution < -0.4 is 5.32 Å². The molecule has 4 nitrogen and oxygen atoms in total. The molecule has 1 fully saturated rings. The van der Waals surface area contributed by atoms with Crippen LogP contribution in [0.15, 0.2) is 22.8 Å². The summed E-state index contributed by atoms with van der Waals surface area (Å²) < 4.78 is 5.22. The summed E-state index contributed by atoms with van der Waals surface area (Å²) in [7, 11) is 1.79. The van der Waals surface area contributed by atoms with E-state index in [9.17, 15) is 4.79 Å². The minimum absolute atomic E-state index is 0.00620. The fourth-order valence-electron chi connectivity index (χ4n) is 2.24. The van der Waals surface area contributed by atoms with Crippen molar-refractivity contribution in [2.24, 2.45) is 0 Å². The molecular formula is C13H20N2O2. The average molecular weight is 236 g/mol. The van der Waals surface area contributed by atoms with E-state index in [1.165, 1.54) is 19.3 Å². The van der Waals surface area contributed by atoms with Crippen LogP contribution in [0.25, 0.3) is 0 Å². The van der Waals surface area contributed by atoms with Crippen molar-refractivity contribution in [3.8, 4) is 0 Å². The minimum atomic E-state index is -0.00620. The second-order valence-corrected chi connectivity index (χ2v) is 4.72. The summed E-state index contributed by atoms with van der Waals surface area (Å²) in [5.74, 6) is 0.811. The third-order valence-electron chi connectivity index (χ3n) is 3.25. The van der Waals surface area contributed by atoms with Gasteiger partial charge in [-0.25, -0.2) is 4.79 Å². The second-order valence-electron chi connectivity index (χ2n) is 4.72. The van der Waals surface area contributed by atoms with Crippen LogP contribution in [0.1, 0.15) is 37.9 Å². The van der Waals surface area contributed by atoms with Crippen molar-refractivity contribution in [1.29, 1.82) is 0 Å². The third kappa shape index (κ3) is 3.51. The molecule has 1 saturated carbocycles. The first-order valence-electron chi connectivity index (χ1n) is 6.30. The monoisotopic (exact) mass is 236 g/mol. The third-order valence-corrected chi connectivity index (χ3v) is 3.25. The van der Waals surface area contributed by atoms with Gasteiger partial charge in [0.15, 0.2) is 0 Å². The summed E-state index contributed by atoms with van der Waals surface area (Å²) in [4.78, 5) is 13.6. The molecule has 2 amide bonds. The fraction of sp³-hybridized carbons (Fsp3) is 0.615. The standard InChI is InChI=1S/C13H20N2O2/c1-15(10-12-8-5-9-17-12)13(16)14-11-6-3-2-4-7-11/h5,8-9,11H,2-4,6-7,10H2,1H3,(H,14,16). The zero-order valence-electron chi connectivity index (χ0n) is 10.3. The Morgan fingerprint density at radius 2 is 2.24 bits per heavy atom. The molecule has 4 heteroatoms. The number of furan rings is 1. The van der Waals surface area contributed by atoms with E-state index in [0.29, 0.717) is 12.6 Å². The van der Waals surface area contributed by atoms with Gasteiger partial charge in [0, 0.05) is 13.1 Å². The van der Waals surface area contributed by atoms with Crippen molar-refractivity contribution in [3.05, 3.63) is 24.2 Å². The number of hydrogen-bond donors (Lipinski definition) is 1. The van der Waals surface area contributed by atoms with Crippen molar-refractivity contribution in [2.75, 3.05) is 7.05 Å². The van der Waals surface area contributed by atoms with Gasteiger partial charge < -0.3 is 14.6 Å². The molecule has 0 bridgehead atoms. The Hall–Kier alpha value is -1.45. The number of nitrogens with zero attached hydrogens (tertiary/aromatic N) is 1. The van der Waals surface area contributed by atoms with E-state index in [-0.39, 0.29) is 6.03 Å². The van der Waals surface area contributed by atoms with Crippen LogP contribution in [0.3, 0.4) is 0 Å². The quantitative estimate of drug-likeness (QED) is 0.877. The highest BCUT2D eigenvalue weighted by Gasteiger charge is 2.18. The summed E-state index contributed by atoms with van der Waals surface area (Å²) in [5.41, 5.74) is 0. The number of amides is 2. The normalized spacial score (nSPS) is 16.8. The molecule has 0 spiro atoms. The van der Waals surface area contributed by atoms with Gasteiger partial charge in [-0.1, -0.05) is 19.3 Å². The van der Waals surface area contributed by atoms with Gasteiger partial charge in [-0.2, -0.15) is 0 Å². The molecule has 0 unspecified atom stereocenters. The smallest absolute Gasteiger partial charge is 0.317 e. The summed E-state index contributed by atoms with van der Waals surface area (Å²) in [5, 5.41) is 3.08. The van der Waals surface area contributed by atoms with E-state index in [4.69, 9.17) is 4.42 Å². The van der Waals surface area contributed by atoms with Crippen LogP contribution >= 0.6 is 0 Å². The Balaban J connectivity index is 1.78. The van der Waals surface area contributed by atoms with E-state index in [1.807, 2.05) is 12.1 Å². The number of urea groups is 1. The predicted molar refractivity (Wildman–Crippen MR) is 65.6 cm³/mol. The first kappa shape index (κ1) is 12.0. The first-order valence-corrected chi connectivity index (χ1v) is 6.30. The molecule has 1 aromatic rings. The highest BCUT2D eigenvalue weighted by atomic mass is 16.3. The fourth-order valence-corrected chi connectivity index (χ4v) is 2.24. The van der Waals surface area contributed by atoms with E-state index >= 15 is 0 Å². The zero-order chi connectivity index (χ0) is 12.1. The molecule has 1 aliphatic rings. The molecule has 17 heavy (non-hydrogen) atoms. The maximum Gasteiger partial charge on any atom is 0.317 e. The van der Waals surface area contributed by atoms with Crippen LogP contribution in [0.2, 0.25) is 0 Å². The van der Waals surface area contributed by atoms with Gasteiger partial charge in [0.25, 0.3) is 0 Å². The van der Waals surface area contributed by atoms with Gasteiger partial charge in [-0.3, -0.25) is 0 Å². The van der Waals surface area contributed by atoms with Gasteiger partial charge in [0.1, 0.15) is 5.76 Å². The van der Waals surface area contributed by atoms with Crippen molar-refractivity contribution in [3.63, 3.8) is 0 Å². The summed E-state index contributed by atoms with van der Waals surface area (Å²) in [6.07, 6.45) is 7.61. The highest BCUT2D eigenvalue weighted by Crippen LogP contribution is 2.17. The van der Waals surface area contributed by atoms with Crippen molar-refractivity contribution < 1.29 is 9.21 Å². The molecule has 0 atom stereocenters. The highest BCUT2D eigenvalue weighted by molar-refractivity contribution is 5.74. The lowest BCUT2D eigenvalue weighted by molar-refractivity contribution is 0.195. The van der Waals surface area contributed by atoms with Gasteiger partial charge in [-0.05, 0) is 25.0 Å². The molecule has 0 aliphatic heterocycles. The molecule has 2 rings (SSSR count). The van der Waals surface area contributed by atoms with Gasteiger partial charge in [-0.15, -0.1) is 0 Å². The van der Waals surface area contributed by atoms with Gasteiger partial charge >= 0.3 is 6.03 Å². The van der Waals surface area contributed by atoms with Gasteiger partial charge in [0.05, 0.1) is 12.8 Å². The van der Waals surface area contributed by atoms with Crippen LogP contribution in [-0.2, 0) is 6.54 Å². The van der Waals surface area contributed by atoms with Crippen LogP contribution in [0, 0.1) is 0 Å². The Morgan fingerprint density at radius 1 is 1.47 bits per heavy atom. The predicted octanol–water partition coefficient (Wildman–Crippen LogP) is 2.75. The van der Waals surface area contributed by atoms with Crippen molar-refractivity contribution in [2.45, 2.75) is 44.7 Å². The maximum absolute atomic E-state index is 11.9. The minimum Gasteiger partial charge on any atom is -0.467 e. The van der Waals surface area contributed by atoms with Crippen molar-refractivity contribution >= 4 is 6.03 Å². The number of carbonyl (C=O) groups excluding carboxylic acids is 1. The Kier molecular flexibility index (Phi) is 4.07. The molecule has 94 valence electrons. The van der Waals surface area contributed by atoms with Gasteiger partial charge in [0.2, 0.25) is 0 Å². The lowest BCUT2D eigenvalue weighted by Gasteiger charge is -2.25. The molecule has 1 heterocycles. The van der Waals surface area contributed by atoms with E-state index in [0.717, 1.165) is 18.6 Å². The summed E-state index contributed by atoms with van der Waals surface area (Å²) in [6.45, 7) is 0.519. The zero-order valence-corrected chi connectivity index (χ0v) is 10.3. The number of rotatable bonds is 3. The summed E-state index contributed by atoms with van der Waals surface area (Å²) >= 11 is 0. The van der Waals surface area contributed by atoms with E-state index < -0.39 is 0 Å². The molecule has 1 aromatic heterocycles.